The highest BCUT2D eigenvalue weighted by Crippen LogP contribution is 2.12. The van der Waals surface area contributed by atoms with E-state index in [4.69, 9.17) is 9.47 Å². The molecule has 2 aliphatic rings. The number of aromatic nitrogens is 3. The topological polar surface area (TPSA) is 111 Å². The second-order valence-electron chi connectivity index (χ2n) is 6.92. The van der Waals surface area contributed by atoms with E-state index in [0.717, 1.165) is 36.7 Å². The average molecular weight is 466 g/mol. The molecule has 3 rings (SSSR count). The zero-order valence-corrected chi connectivity index (χ0v) is 18.8. The summed E-state index contributed by atoms with van der Waals surface area (Å²) >= 11 is 5.29. The maximum absolute atomic E-state index is 12.7. The van der Waals surface area contributed by atoms with Crippen LogP contribution in [-0.2, 0) is 29.1 Å². The summed E-state index contributed by atoms with van der Waals surface area (Å²) in [6.45, 7) is 1.07. The number of aliphatic hydroxyl groups is 1. The van der Waals surface area contributed by atoms with Crippen molar-refractivity contribution in [1.29, 1.82) is 0 Å². The van der Waals surface area contributed by atoms with E-state index in [9.17, 15) is 19.5 Å². The number of thioether (sulfide) groups is 3. The maximum atomic E-state index is 12.7. The first-order chi connectivity index (χ1) is 14.0. The summed E-state index contributed by atoms with van der Waals surface area (Å²) in [4.78, 5) is 38.1. The van der Waals surface area contributed by atoms with Gasteiger partial charge in [-0.05, 0) is 6.26 Å². The van der Waals surface area contributed by atoms with Crippen LogP contribution in [0.2, 0.25) is 0 Å². The molecule has 0 bridgehead atoms. The fourth-order valence-electron chi connectivity index (χ4n) is 2.75. The molecule has 3 atom stereocenters. The first kappa shape index (κ1) is 23.0. The predicted octanol–water partition coefficient (Wildman–Crippen LogP) is -0.840. The number of ether oxygens (including phenoxy) is 2. The van der Waals surface area contributed by atoms with Gasteiger partial charge in [-0.1, -0.05) is 0 Å². The molecule has 0 amide bonds. The van der Waals surface area contributed by atoms with Gasteiger partial charge in [0.2, 0.25) is 0 Å². The zero-order chi connectivity index (χ0) is 20.8. The van der Waals surface area contributed by atoms with E-state index in [2.05, 4.69) is 6.26 Å². The molecule has 12 heteroatoms. The van der Waals surface area contributed by atoms with E-state index in [1.165, 1.54) is 0 Å². The van der Waals surface area contributed by atoms with E-state index < -0.39 is 23.2 Å². The molecule has 2 fully saturated rings. The lowest BCUT2D eigenvalue weighted by molar-refractivity contribution is 0.170. The Bertz CT molecular complexity index is 794. The van der Waals surface area contributed by atoms with Crippen LogP contribution in [0, 0.1) is 0 Å². The Morgan fingerprint density at radius 1 is 0.897 bits per heavy atom. The van der Waals surface area contributed by atoms with E-state index in [1.807, 2.05) is 23.5 Å². The highest BCUT2D eigenvalue weighted by Gasteiger charge is 2.29. The lowest BCUT2D eigenvalue weighted by Gasteiger charge is -2.15. The van der Waals surface area contributed by atoms with Crippen LogP contribution >= 0.6 is 35.3 Å². The Kier molecular flexibility index (Phi) is 8.81. The number of aliphatic hydroxyl groups excluding tert-OH is 1. The van der Waals surface area contributed by atoms with Crippen molar-refractivity contribution < 1.29 is 14.6 Å². The SMILES string of the molecule is CSCCSCCSCC(O)Cn1c(=O)n(CC2CO2)c(=O)n(CC2CO2)c1=O. The quantitative estimate of drug-likeness (QED) is 0.278. The minimum atomic E-state index is -0.852. The van der Waals surface area contributed by atoms with Gasteiger partial charge in [0.15, 0.2) is 0 Å². The van der Waals surface area contributed by atoms with Crippen LogP contribution in [0.4, 0.5) is 0 Å². The van der Waals surface area contributed by atoms with Crippen molar-refractivity contribution in [2.24, 2.45) is 0 Å². The van der Waals surface area contributed by atoms with E-state index in [1.54, 1.807) is 11.8 Å². The van der Waals surface area contributed by atoms with Crippen LogP contribution < -0.4 is 17.1 Å². The van der Waals surface area contributed by atoms with Gasteiger partial charge >= 0.3 is 17.1 Å². The second-order valence-corrected chi connectivity index (χ2v) is 10.3. The fraction of sp³-hybridized carbons (Fsp3) is 0.824. The number of hydrogen-bond donors (Lipinski definition) is 1. The van der Waals surface area contributed by atoms with E-state index >= 15 is 0 Å². The fourth-order valence-corrected chi connectivity index (χ4v) is 5.58. The summed E-state index contributed by atoms with van der Waals surface area (Å²) < 4.78 is 13.3. The smallest absolute Gasteiger partial charge is 0.336 e. The summed E-state index contributed by atoms with van der Waals surface area (Å²) in [5.41, 5.74) is -2.03. The van der Waals surface area contributed by atoms with Crippen molar-refractivity contribution in [1.82, 2.24) is 13.7 Å². The van der Waals surface area contributed by atoms with Crippen molar-refractivity contribution in [3.05, 3.63) is 31.5 Å². The molecule has 0 radical (unpaired) electrons. The molecule has 9 nitrogen and oxygen atoms in total. The monoisotopic (exact) mass is 465 g/mol. The van der Waals surface area contributed by atoms with Crippen LogP contribution in [0.25, 0.3) is 0 Å². The summed E-state index contributed by atoms with van der Waals surface area (Å²) in [5, 5.41) is 10.4. The minimum absolute atomic E-state index is 0.113. The lowest BCUT2D eigenvalue weighted by atomic mass is 10.4. The molecule has 2 saturated heterocycles. The minimum Gasteiger partial charge on any atom is -0.390 e. The van der Waals surface area contributed by atoms with Gasteiger partial charge < -0.3 is 14.6 Å². The molecule has 164 valence electrons. The molecule has 1 aromatic heterocycles. The predicted molar refractivity (Wildman–Crippen MR) is 118 cm³/mol. The summed E-state index contributed by atoms with van der Waals surface area (Å²) in [7, 11) is 0. The van der Waals surface area contributed by atoms with Gasteiger partial charge in [0.05, 0.1) is 51.2 Å². The molecule has 0 aliphatic carbocycles. The first-order valence-electron chi connectivity index (χ1n) is 9.51. The molecule has 3 heterocycles. The number of epoxide rings is 2. The second kappa shape index (κ2) is 11.1. The molecular formula is C17H27N3O6S3. The van der Waals surface area contributed by atoms with Gasteiger partial charge in [-0.3, -0.25) is 0 Å². The molecule has 0 spiro atoms. The van der Waals surface area contributed by atoms with E-state index in [0.29, 0.717) is 19.0 Å². The van der Waals surface area contributed by atoms with Crippen LogP contribution in [0.15, 0.2) is 14.4 Å². The lowest BCUT2D eigenvalue weighted by Crippen LogP contribution is -2.56. The van der Waals surface area contributed by atoms with Crippen LogP contribution in [0.1, 0.15) is 0 Å². The van der Waals surface area contributed by atoms with Crippen molar-refractivity contribution in [3.8, 4) is 0 Å². The normalized spacial score (nSPS) is 21.3. The summed E-state index contributed by atoms with van der Waals surface area (Å²) in [6.07, 6.45) is 0.873. The standard InChI is InChI=1S/C17H27N3O6S3/c1-27-2-3-28-4-5-29-11-12(21)6-18-15(22)19(7-13-9-25-13)17(24)20(16(18)23)8-14-10-26-14/h12-14,21H,2-11H2,1H3. The van der Waals surface area contributed by atoms with Crippen molar-refractivity contribution >= 4 is 35.3 Å². The van der Waals surface area contributed by atoms with Crippen LogP contribution in [0.5, 0.6) is 0 Å². The van der Waals surface area contributed by atoms with Gasteiger partial charge in [-0.25, -0.2) is 28.1 Å². The number of nitrogens with zero attached hydrogens (tertiary/aromatic N) is 3. The molecule has 0 aromatic carbocycles. The van der Waals surface area contributed by atoms with Crippen molar-refractivity contribution in [3.63, 3.8) is 0 Å². The molecule has 3 unspecified atom stereocenters. The largest absolute Gasteiger partial charge is 0.390 e. The molecule has 1 N–H and O–H groups in total. The maximum Gasteiger partial charge on any atom is 0.336 e. The van der Waals surface area contributed by atoms with Crippen LogP contribution in [-0.4, -0.2) is 85.4 Å². The van der Waals surface area contributed by atoms with Gasteiger partial charge in [0, 0.05) is 28.8 Å². The third-order valence-electron chi connectivity index (χ3n) is 4.47. The number of hydrogen-bond acceptors (Lipinski definition) is 9. The third kappa shape index (κ3) is 6.93. The first-order valence-corrected chi connectivity index (χ1v) is 13.2. The third-order valence-corrected chi connectivity index (χ3v) is 7.70. The molecule has 2 aliphatic heterocycles. The van der Waals surface area contributed by atoms with Crippen molar-refractivity contribution in [2.45, 2.75) is 37.9 Å². The Balaban J connectivity index is 1.64. The van der Waals surface area contributed by atoms with E-state index in [-0.39, 0.29) is 31.8 Å². The highest BCUT2D eigenvalue weighted by atomic mass is 32.2. The Labute approximate surface area is 181 Å². The van der Waals surface area contributed by atoms with Gasteiger partial charge in [0.1, 0.15) is 0 Å². The summed E-state index contributed by atoms with van der Waals surface area (Å²) in [5.74, 6) is 4.55. The average Bonchev–Trinajstić information content (AvgIpc) is 3.61. The molecule has 1 aromatic rings. The Morgan fingerprint density at radius 3 is 1.90 bits per heavy atom. The highest BCUT2D eigenvalue weighted by molar-refractivity contribution is 8.04. The van der Waals surface area contributed by atoms with Gasteiger partial charge in [0.25, 0.3) is 0 Å². The zero-order valence-electron chi connectivity index (χ0n) is 16.4. The molecule has 0 saturated carbocycles. The Hall–Kier alpha value is -0.660. The summed E-state index contributed by atoms with van der Waals surface area (Å²) in [6, 6.07) is 0. The van der Waals surface area contributed by atoms with Gasteiger partial charge in [-0.2, -0.15) is 35.3 Å². The molecular weight excluding hydrogens is 438 g/mol. The van der Waals surface area contributed by atoms with Crippen LogP contribution in [0.3, 0.4) is 0 Å². The number of rotatable bonds is 14. The van der Waals surface area contributed by atoms with Gasteiger partial charge in [-0.15, -0.1) is 0 Å². The van der Waals surface area contributed by atoms with Crippen molar-refractivity contribution in [2.75, 3.05) is 48.2 Å². The molecule has 29 heavy (non-hydrogen) atoms. The Morgan fingerprint density at radius 2 is 1.38 bits per heavy atom.